The van der Waals surface area contributed by atoms with Crippen LogP contribution < -0.4 is 0 Å². The Kier molecular flexibility index (Phi) is 4.79. The van der Waals surface area contributed by atoms with E-state index in [-0.39, 0.29) is 35.9 Å². The highest BCUT2D eigenvalue weighted by atomic mass is 16.3. The minimum absolute atomic E-state index is 0.00462. The minimum Gasteiger partial charge on any atom is -0.508 e. The number of hydrogen-bond acceptors (Lipinski definition) is 4. The molecule has 3 aliphatic rings. The van der Waals surface area contributed by atoms with Crippen LogP contribution in [0.3, 0.4) is 0 Å². The standard InChI is InChI=1S/C21H23N3O3/c25-19-6-3-4-15(10-19)11-20(26)23-12-16-7-8-18(14-23)24(21(16)27)13-17-5-1-2-9-22-17/h1-6,9-10,16,18,25H,7-8,11-14H2/t16-,18+/m0/s1. The predicted molar refractivity (Wildman–Crippen MR) is 99.7 cm³/mol. The van der Waals surface area contributed by atoms with Gasteiger partial charge >= 0.3 is 0 Å². The van der Waals surface area contributed by atoms with Gasteiger partial charge in [-0.1, -0.05) is 18.2 Å². The van der Waals surface area contributed by atoms with Crippen LogP contribution in [-0.4, -0.2) is 50.8 Å². The first kappa shape index (κ1) is 17.5. The maximum atomic E-state index is 12.9. The van der Waals surface area contributed by atoms with Crippen LogP contribution in [0, 0.1) is 5.92 Å². The monoisotopic (exact) mass is 365 g/mol. The molecule has 27 heavy (non-hydrogen) atoms. The molecule has 2 amide bonds. The number of aromatic hydroxyl groups is 1. The number of hydrogen-bond donors (Lipinski definition) is 1. The molecule has 1 N–H and O–H groups in total. The van der Waals surface area contributed by atoms with Gasteiger partial charge in [-0.05, 0) is 42.7 Å². The maximum absolute atomic E-state index is 12.9. The SMILES string of the molecule is O=C(Cc1cccc(O)c1)N1C[C@@H]2CC[C@H](C1)N(Cc1ccccn1)C2=O. The molecule has 4 heterocycles. The molecule has 0 radical (unpaired) electrons. The van der Waals surface area contributed by atoms with Crippen molar-refractivity contribution < 1.29 is 14.7 Å². The van der Waals surface area contributed by atoms with Crippen molar-refractivity contribution in [3.63, 3.8) is 0 Å². The maximum Gasteiger partial charge on any atom is 0.228 e. The zero-order chi connectivity index (χ0) is 18.8. The van der Waals surface area contributed by atoms with Gasteiger partial charge in [-0.15, -0.1) is 0 Å². The Balaban J connectivity index is 1.48. The van der Waals surface area contributed by atoms with Crippen molar-refractivity contribution in [1.29, 1.82) is 0 Å². The summed E-state index contributed by atoms with van der Waals surface area (Å²) in [5, 5.41) is 9.60. The highest BCUT2D eigenvalue weighted by Crippen LogP contribution is 2.30. The Morgan fingerprint density at radius 3 is 2.81 bits per heavy atom. The summed E-state index contributed by atoms with van der Waals surface area (Å²) in [6, 6.07) is 12.5. The largest absolute Gasteiger partial charge is 0.508 e. The number of aromatic nitrogens is 1. The van der Waals surface area contributed by atoms with Gasteiger partial charge in [-0.25, -0.2) is 0 Å². The second-order valence-electron chi connectivity index (χ2n) is 7.36. The molecule has 5 rings (SSSR count). The van der Waals surface area contributed by atoms with Gasteiger partial charge in [0.25, 0.3) is 0 Å². The van der Waals surface area contributed by atoms with Crippen molar-refractivity contribution in [1.82, 2.24) is 14.8 Å². The van der Waals surface area contributed by atoms with E-state index in [1.807, 2.05) is 34.1 Å². The summed E-state index contributed by atoms with van der Waals surface area (Å²) in [7, 11) is 0. The lowest BCUT2D eigenvalue weighted by atomic mass is 9.94. The second-order valence-corrected chi connectivity index (χ2v) is 7.36. The molecule has 140 valence electrons. The number of fused-ring (bicyclic) bond motifs is 4. The topological polar surface area (TPSA) is 73.7 Å². The molecular formula is C21H23N3O3. The Morgan fingerprint density at radius 1 is 1.15 bits per heavy atom. The number of piperidine rings is 1. The summed E-state index contributed by atoms with van der Waals surface area (Å²) >= 11 is 0. The number of phenolic OH excluding ortho intramolecular Hbond substituents is 1. The number of pyridine rings is 1. The Labute approximate surface area is 158 Å². The van der Waals surface area contributed by atoms with Gasteiger partial charge in [0.1, 0.15) is 5.75 Å². The average molecular weight is 365 g/mol. The van der Waals surface area contributed by atoms with Crippen LogP contribution in [0.5, 0.6) is 5.75 Å². The first-order valence-electron chi connectivity index (χ1n) is 9.36. The smallest absolute Gasteiger partial charge is 0.228 e. The lowest BCUT2D eigenvalue weighted by Gasteiger charge is -2.35. The van der Waals surface area contributed by atoms with E-state index < -0.39 is 0 Å². The van der Waals surface area contributed by atoms with Crippen molar-refractivity contribution in [3.8, 4) is 5.75 Å². The van der Waals surface area contributed by atoms with E-state index in [4.69, 9.17) is 0 Å². The van der Waals surface area contributed by atoms with Crippen LogP contribution in [0.15, 0.2) is 48.7 Å². The highest BCUT2D eigenvalue weighted by molar-refractivity contribution is 5.84. The van der Waals surface area contributed by atoms with Crippen molar-refractivity contribution >= 4 is 11.8 Å². The molecule has 2 atom stereocenters. The lowest BCUT2D eigenvalue weighted by molar-refractivity contribution is -0.140. The van der Waals surface area contributed by atoms with Crippen molar-refractivity contribution in [2.75, 3.05) is 13.1 Å². The predicted octanol–water partition coefficient (Wildman–Crippen LogP) is 1.98. The quantitative estimate of drug-likeness (QED) is 0.899. The molecule has 0 unspecified atom stereocenters. The van der Waals surface area contributed by atoms with Crippen LogP contribution in [0.1, 0.15) is 24.1 Å². The highest BCUT2D eigenvalue weighted by Gasteiger charge is 2.41. The summed E-state index contributed by atoms with van der Waals surface area (Å²) in [5.74, 6) is 0.156. The molecule has 6 heteroatoms. The van der Waals surface area contributed by atoms with Crippen LogP contribution in [0.4, 0.5) is 0 Å². The van der Waals surface area contributed by atoms with Gasteiger partial charge < -0.3 is 14.9 Å². The number of carbonyl (C=O) groups excluding carboxylic acids is 2. The van der Waals surface area contributed by atoms with Crippen LogP contribution in [0.25, 0.3) is 0 Å². The summed E-state index contributed by atoms with van der Waals surface area (Å²) in [5.41, 5.74) is 1.66. The number of carbonyl (C=O) groups is 2. The molecule has 6 nitrogen and oxygen atoms in total. The molecule has 2 bridgehead atoms. The second kappa shape index (κ2) is 7.39. The number of amides is 2. The minimum atomic E-state index is -0.138. The van der Waals surface area contributed by atoms with E-state index in [9.17, 15) is 14.7 Å². The summed E-state index contributed by atoms with van der Waals surface area (Å²) in [6.45, 7) is 1.54. The van der Waals surface area contributed by atoms with E-state index >= 15 is 0 Å². The average Bonchev–Trinajstić information content (AvgIpc) is 2.95. The molecule has 0 spiro atoms. The van der Waals surface area contributed by atoms with E-state index in [1.165, 1.54) is 0 Å². The summed E-state index contributed by atoms with van der Waals surface area (Å²) in [6.07, 6.45) is 3.72. The van der Waals surface area contributed by atoms with Gasteiger partial charge in [0.05, 0.1) is 24.6 Å². The fourth-order valence-corrected chi connectivity index (χ4v) is 4.07. The first-order chi connectivity index (χ1) is 13.1. The molecule has 2 aromatic rings. The van der Waals surface area contributed by atoms with Gasteiger partial charge in [0.15, 0.2) is 0 Å². The molecule has 3 saturated heterocycles. The van der Waals surface area contributed by atoms with Gasteiger partial charge in [-0.3, -0.25) is 14.6 Å². The van der Waals surface area contributed by atoms with E-state index in [1.54, 1.807) is 24.4 Å². The molecule has 1 aromatic carbocycles. The summed E-state index contributed by atoms with van der Waals surface area (Å²) in [4.78, 5) is 33.8. The van der Waals surface area contributed by atoms with Crippen molar-refractivity contribution in [2.24, 2.45) is 5.92 Å². The first-order valence-corrected chi connectivity index (χ1v) is 9.36. The third-order valence-corrected chi connectivity index (χ3v) is 5.47. The molecule has 0 aliphatic carbocycles. The molecular weight excluding hydrogens is 342 g/mol. The van der Waals surface area contributed by atoms with Crippen LogP contribution >= 0.6 is 0 Å². The molecule has 0 saturated carbocycles. The third-order valence-electron chi connectivity index (χ3n) is 5.47. The zero-order valence-electron chi connectivity index (χ0n) is 15.1. The van der Waals surface area contributed by atoms with Crippen molar-refractivity contribution in [3.05, 3.63) is 59.9 Å². The Morgan fingerprint density at radius 2 is 2.04 bits per heavy atom. The van der Waals surface area contributed by atoms with E-state index in [0.717, 1.165) is 24.1 Å². The number of benzene rings is 1. The Hall–Kier alpha value is -2.89. The van der Waals surface area contributed by atoms with Gasteiger partial charge in [-0.2, -0.15) is 0 Å². The fourth-order valence-electron chi connectivity index (χ4n) is 4.07. The summed E-state index contributed by atoms with van der Waals surface area (Å²) < 4.78 is 0. The number of phenols is 1. The van der Waals surface area contributed by atoms with E-state index in [2.05, 4.69) is 4.98 Å². The fraction of sp³-hybridized carbons (Fsp3) is 0.381. The van der Waals surface area contributed by atoms with Crippen molar-refractivity contribution in [2.45, 2.75) is 31.8 Å². The number of nitrogens with zero attached hydrogens (tertiary/aromatic N) is 3. The molecule has 1 aromatic heterocycles. The van der Waals surface area contributed by atoms with Crippen LogP contribution in [-0.2, 0) is 22.6 Å². The van der Waals surface area contributed by atoms with Gasteiger partial charge in [0.2, 0.25) is 11.8 Å². The molecule has 3 fully saturated rings. The third kappa shape index (κ3) is 3.79. The number of rotatable bonds is 4. The normalized spacial score (nSPS) is 22.0. The lowest BCUT2D eigenvalue weighted by Crippen LogP contribution is -2.47. The Bertz CT molecular complexity index is 840. The van der Waals surface area contributed by atoms with Crippen LogP contribution in [0.2, 0.25) is 0 Å². The van der Waals surface area contributed by atoms with E-state index in [0.29, 0.717) is 19.6 Å². The molecule has 3 aliphatic heterocycles. The van der Waals surface area contributed by atoms with Gasteiger partial charge in [0, 0.05) is 25.3 Å². The zero-order valence-corrected chi connectivity index (χ0v) is 15.1.